The van der Waals surface area contributed by atoms with Crippen LogP contribution in [0, 0.1) is 0 Å². The fraction of sp³-hybridized carbons (Fsp3) is 0.357. The second-order valence-electron chi connectivity index (χ2n) is 5.15. The van der Waals surface area contributed by atoms with Gasteiger partial charge in [-0.3, -0.25) is 4.79 Å². The molecule has 0 radical (unpaired) electrons. The highest BCUT2D eigenvalue weighted by atomic mass is 79.9. The molecule has 0 saturated carbocycles. The number of hydrogen-bond donors (Lipinski definition) is 0. The number of fused-ring (bicyclic) bond motifs is 1. The minimum atomic E-state index is -2.76. The van der Waals surface area contributed by atoms with Gasteiger partial charge in [0.25, 0.3) is 11.8 Å². The third kappa shape index (κ3) is 2.22. The molecular weight excluding hydrogens is 330 g/mol. The van der Waals surface area contributed by atoms with E-state index in [-0.39, 0.29) is 18.9 Å². The fourth-order valence-electron chi connectivity index (χ4n) is 2.56. The van der Waals surface area contributed by atoms with E-state index in [2.05, 4.69) is 15.9 Å². The lowest BCUT2D eigenvalue weighted by Crippen LogP contribution is -2.31. The van der Waals surface area contributed by atoms with Crippen LogP contribution in [0.1, 0.15) is 16.8 Å². The van der Waals surface area contributed by atoms with E-state index in [1.807, 2.05) is 23.9 Å². The molecule has 2 heterocycles. The Morgan fingerprint density at radius 3 is 2.80 bits per heavy atom. The highest BCUT2D eigenvalue weighted by molar-refractivity contribution is 9.10. The molecule has 1 saturated heterocycles. The third-order valence-corrected chi connectivity index (χ3v) is 4.28. The molecule has 1 aliphatic rings. The maximum absolute atomic E-state index is 13.2. The number of aryl methyl sites for hydroxylation is 1. The quantitative estimate of drug-likeness (QED) is 0.779. The SMILES string of the molecule is Cn1cc(Br)c2ccc(C(=O)N3CCC(F)(F)C3)cc21. The monoisotopic (exact) mass is 342 g/mol. The normalized spacial score (nSPS) is 17.9. The molecule has 1 fully saturated rings. The Morgan fingerprint density at radius 1 is 1.40 bits per heavy atom. The lowest BCUT2D eigenvalue weighted by Gasteiger charge is -2.16. The molecule has 1 aliphatic heterocycles. The van der Waals surface area contributed by atoms with Gasteiger partial charge in [-0.1, -0.05) is 6.07 Å². The van der Waals surface area contributed by atoms with Crippen molar-refractivity contribution in [1.82, 2.24) is 9.47 Å². The molecule has 0 aliphatic carbocycles. The summed E-state index contributed by atoms with van der Waals surface area (Å²) < 4.78 is 29.2. The van der Waals surface area contributed by atoms with Crippen LogP contribution in [0.25, 0.3) is 10.9 Å². The molecule has 1 aromatic heterocycles. The molecule has 20 heavy (non-hydrogen) atoms. The largest absolute Gasteiger partial charge is 0.349 e. The van der Waals surface area contributed by atoms with Crippen LogP contribution in [0.2, 0.25) is 0 Å². The average Bonchev–Trinajstić information content (AvgIpc) is 2.89. The number of benzene rings is 1. The second kappa shape index (κ2) is 4.55. The topological polar surface area (TPSA) is 25.2 Å². The molecule has 0 N–H and O–H groups in total. The first-order valence-electron chi connectivity index (χ1n) is 6.29. The summed E-state index contributed by atoms with van der Waals surface area (Å²) in [7, 11) is 1.88. The highest BCUT2D eigenvalue weighted by Gasteiger charge is 2.40. The molecule has 0 spiro atoms. The zero-order chi connectivity index (χ0) is 14.5. The molecule has 3 rings (SSSR count). The molecule has 0 bridgehead atoms. The standard InChI is InChI=1S/C14H13BrF2N2O/c1-18-7-11(15)10-3-2-9(6-12(10)18)13(20)19-5-4-14(16,17)8-19/h2-3,6-7H,4-5,8H2,1H3. The van der Waals surface area contributed by atoms with E-state index in [9.17, 15) is 13.6 Å². The summed E-state index contributed by atoms with van der Waals surface area (Å²) in [5.41, 5.74) is 1.34. The molecule has 1 aromatic carbocycles. The number of likely N-dealkylation sites (tertiary alicyclic amines) is 1. The number of hydrogen-bond acceptors (Lipinski definition) is 1. The van der Waals surface area contributed by atoms with Gasteiger partial charge in [0.15, 0.2) is 0 Å². The van der Waals surface area contributed by atoms with Crippen LogP contribution >= 0.6 is 15.9 Å². The Hall–Kier alpha value is -1.43. The first-order chi connectivity index (χ1) is 9.37. The third-order valence-electron chi connectivity index (χ3n) is 3.65. The average molecular weight is 343 g/mol. The number of amides is 1. The van der Waals surface area contributed by atoms with Crippen molar-refractivity contribution in [2.24, 2.45) is 7.05 Å². The summed E-state index contributed by atoms with van der Waals surface area (Å²) in [6, 6.07) is 5.27. The van der Waals surface area contributed by atoms with E-state index < -0.39 is 12.5 Å². The van der Waals surface area contributed by atoms with Gasteiger partial charge in [0, 0.05) is 47.1 Å². The number of carbonyl (C=O) groups excluding carboxylic acids is 1. The van der Waals surface area contributed by atoms with Gasteiger partial charge in [0.1, 0.15) is 0 Å². The van der Waals surface area contributed by atoms with Gasteiger partial charge in [-0.05, 0) is 28.1 Å². The van der Waals surface area contributed by atoms with Gasteiger partial charge in [0.05, 0.1) is 6.54 Å². The maximum Gasteiger partial charge on any atom is 0.267 e. The van der Waals surface area contributed by atoms with Crippen molar-refractivity contribution >= 4 is 32.7 Å². The van der Waals surface area contributed by atoms with Gasteiger partial charge in [-0.15, -0.1) is 0 Å². The molecule has 0 atom stereocenters. The van der Waals surface area contributed by atoms with E-state index >= 15 is 0 Å². The van der Waals surface area contributed by atoms with E-state index in [1.54, 1.807) is 12.1 Å². The van der Waals surface area contributed by atoms with E-state index in [1.165, 1.54) is 4.90 Å². The Labute approximate surface area is 123 Å². The van der Waals surface area contributed by atoms with Crippen LogP contribution < -0.4 is 0 Å². The fourth-order valence-corrected chi connectivity index (χ4v) is 3.20. The van der Waals surface area contributed by atoms with Gasteiger partial charge < -0.3 is 9.47 Å². The number of halogens is 3. The smallest absolute Gasteiger partial charge is 0.267 e. The van der Waals surface area contributed by atoms with Crippen molar-refractivity contribution in [2.75, 3.05) is 13.1 Å². The van der Waals surface area contributed by atoms with Crippen LogP contribution in [0.3, 0.4) is 0 Å². The van der Waals surface area contributed by atoms with Crippen LogP contribution in [0.5, 0.6) is 0 Å². The summed E-state index contributed by atoms with van der Waals surface area (Å²) in [5, 5.41) is 0.996. The van der Waals surface area contributed by atoms with Gasteiger partial charge in [-0.25, -0.2) is 8.78 Å². The predicted molar refractivity (Wildman–Crippen MR) is 76.1 cm³/mol. The van der Waals surface area contributed by atoms with Crippen LogP contribution in [-0.2, 0) is 7.05 Å². The van der Waals surface area contributed by atoms with E-state index in [0.29, 0.717) is 5.56 Å². The van der Waals surface area contributed by atoms with Crippen molar-refractivity contribution in [1.29, 1.82) is 0 Å². The van der Waals surface area contributed by atoms with Gasteiger partial charge >= 0.3 is 0 Å². The zero-order valence-corrected chi connectivity index (χ0v) is 12.5. The molecule has 2 aromatic rings. The van der Waals surface area contributed by atoms with Crippen molar-refractivity contribution < 1.29 is 13.6 Å². The van der Waals surface area contributed by atoms with E-state index in [4.69, 9.17) is 0 Å². The number of aromatic nitrogens is 1. The van der Waals surface area contributed by atoms with Gasteiger partial charge in [-0.2, -0.15) is 0 Å². The number of carbonyl (C=O) groups is 1. The van der Waals surface area contributed by atoms with Crippen molar-refractivity contribution in [2.45, 2.75) is 12.3 Å². The molecule has 1 amide bonds. The molecule has 6 heteroatoms. The maximum atomic E-state index is 13.2. The molecule has 3 nitrogen and oxygen atoms in total. The van der Waals surface area contributed by atoms with Crippen molar-refractivity contribution in [3.05, 3.63) is 34.4 Å². The van der Waals surface area contributed by atoms with Gasteiger partial charge in [0.2, 0.25) is 0 Å². The Morgan fingerprint density at radius 2 is 2.15 bits per heavy atom. The highest BCUT2D eigenvalue weighted by Crippen LogP contribution is 2.30. The second-order valence-corrected chi connectivity index (χ2v) is 6.01. The van der Waals surface area contributed by atoms with Crippen LogP contribution in [-0.4, -0.2) is 34.4 Å². The number of nitrogens with zero attached hydrogens (tertiary/aromatic N) is 2. The minimum absolute atomic E-state index is 0.112. The zero-order valence-electron chi connectivity index (χ0n) is 10.9. The Balaban J connectivity index is 1.94. The van der Waals surface area contributed by atoms with Crippen molar-refractivity contribution in [3.63, 3.8) is 0 Å². The lowest BCUT2D eigenvalue weighted by molar-refractivity contribution is 0.0120. The summed E-state index contributed by atoms with van der Waals surface area (Å²) in [5.74, 6) is -3.09. The molecule has 0 unspecified atom stereocenters. The number of alkyl halides is 2. The summed E-state index contributed by atoms with van der Waals surface area (Å²) >= 11 is 3.45. The first-order valence-corrected chi connectivity index (χ1v) is 7.08. The Kier molecular flexibility index (Phi) is 3.08. The lowest BCUT2D eigenvalue weighted by atomic mass is 10.1. The first kappa shape index (κ1) is 13.5. The van der Waals surface area contributed by atoms with E-state index in [0.717, 1.165) is 15.4 Å². The molecular formula is C14H13BrF2N2O. The predicted octanol–water partition coefficient (Wildman–Crippen LogP) is 3.42. The van der Waals surface area contributed by atoms with Crippen LogP contribution in [0.4, 0.5) is 8.78 Å². The summed E-state index contributed by atoms with van der Waals surface area (Å²) in [6.07, 6.45) is 1.65. The minimum Gasteiger partial charge on any atom is -0.349 e. The van der Waals surface area contributed by atoms with Crippen LogP contribution in [0.15, 0.2) is 28.9 Å². The Bertz CT molecular complexity index is 696. The number of rotatable bonds is 1. The summed E-state index contributed by atoms with van der Waals surface area (Å²) in [4.78, 5) is 13.5. The molecule has 106 valence electrons. The summed E-state index contributed by atoms with van der Waals surface area (Å²) in [6.45, 7) is -0.374. The van der Waals surface area contributed by atoms with Crippen molar-refractivity contribution in [3.8, 4) is 0 Å².